The molecular formula is C13H21ClO. The van der Waals surface area contributed by atoms with Crippen LogP contribution in [0.1, 0.15) is 57.8 Å². The van der Waals surface area contributed by atoms with E-state index < -0.39 is 0 Å². The first-order valence-corrected chi connectivity index (χ1v) is 6.82. The van der Waals surface area contributed by atoms with Crippen molar-refractivity contribution in [2.75, 3.05) is 0 Å². The van der Waals surface area contributed by atoms with Crippen LogP contribution in [-0.4, -0.2) is 5.24 Å². The van der Waals surface area contributed by atoms with Crippen LogP contribution >= 0.6 is 11.6 Å². The smallest absolute Gasteiger partial charge is 0.221 e. The standard InChI is InChI=1S/C13H21ClO/c14-13(15)8-6-10-5-7-11-3-1-2-4-12(11)9-10/h10-12H,1-9H2/t10-,11+,12+/m1/s1. The topological polar surface area (TPSA) is 17.1 Å². The van der Waals surface area contributed by atoms with Crippen molar-refractivity contribution in [1.29, 1.82) is 0 Å². The Balaban J connectivity index is 1.78. The van der Waals surface area contributed by atoms with Crippen molar-refractivity contribution >= 4 is 16.8 Å². The maximum absolute atomic E-state index is 10.7. The zero-order chi connectivity index (χ0) is 10.7. The van der Waals surface area contributed by atoms with Gasteiger partial charge in [0.25, 0.3) is 0 Å². The highest BCUT2D eigenvalue weighted by Crippen LogP contribution is 2.43. The molecule has 0 aliphatic heterocycles. The van der Waals surface area contributed by atoms with Crippen LogP contribution in [0.4, 0.5) is 0 Å². The number of hydrogen-bond acceptors (Lipinski definition) is 1. The number of rotatable bonds is 3. The van der Waals surface area contributed by atoms with Gasteiger partial charge in [0.2, 0.25) is 5.24 Å². The van der Waals surface area contributed by atoms with Gasteiger partial charge >= 0.3 is 0 Å². The molecule has 0 spiro atoms. The van der Waals surface area contributed by atoms with Crippen molar-refractivity contribution in [2.45, 2.75) is 57.8 Å². The molecule has 2 fully saturated rings. The Labute approximate surface area is 97.6 Å². The van der Waals surface area contributed by atoms with E-state index in [-0.39, 0.29) is 5.24 Å². The first-order valence-electron chi connectivity index (χ1n) is 6.44. The van der Waals surface area contributed by atoms with E-state index in [1.54, 1.807) is 0 Å². The number of carbonyl (C=O) groups excluding carboxylic acids is 1. The van der Waals surface area contributed by atoms with Crippen molar-refractivity contribution in [2.24, 2.45) is 17.8 Å². The zero-order valence-electron chi connectivity index (χ0n) is 9.38. The molecule has 86 valence electrons. The molecule has 0 N–H and O–H groups in total. The Bertz CT molecular complexity index is 227. The molecule has 0 unspecified atom stereocenters. The molecule has 2 rings (SSSR count). The van der Waals surface area contributed by atoms with E-state index in [9.17, 15) is 4.79 Å². The van der Waals surface area contributed by atoms with Crippen LogP contribution < -0.4 is 0 Å². The summed E-state index contributed by atoms with van der Waals surface area (Å²) >= 11 is 5.40. The Morgan fingerprint density at radius 3 is 2.53 bits per heavy atom. The summed E-state index contributed by atoms with van der Waals surface area (Å²) in [5.41, 5.74) is 0. The fraction of sp³-hybridized carbons (Fsp3) is 0.923. The molecule has 2 aliphatic rings. The maximum atomic E-state index is 10.7. The highest BCUT2D eigenvalue weighted by Gasteiger charge is 2.31. The number of halogens is 1. The van der Waals surface area contributed by atoms with E-state index in [1.165, 1.54) is 44.9 Å². The molecule has 0 aromatic carbocycles. The van der Waals surface area contributed by atoms with Crippen molar-refractivity contribution in [3.05, 3.63) is 0 Å². The van der Waals surface area contributed by atoms with Crippen LogP contribution in [0.2, 0.25) is 0 Å². The zero-order valence-corrected chi connectivity index (χ0v) is 10.1. The molecular weight excluding hydrogens is 208 g/mol. The fourth-order valence-corrected chi connectivity index (χ4v) is 3.66. The second-order valence-corrected chi connectivity index (χ2v) is 5.80. The lowest BCUT2D eigenvalue weighted by atomic mass is 9.67. The molecule has 0 radical (unpaired) electrons. The lowest BCUT2D eigenvalue weighted by molar-refractivity contribution is -0.112. The molecule has 0 saturated heterocycles. The maximum Gasteiger partial charge on any atom is 0.221 e. The van der Waals surface area contributed by atoms with Crippen LogP contribution in [0, 0.1) is 17.8 Å². The van der Waals surface area contributed by atoms with E-state index in [0.29, 0.717) is 6.42 Å². The largest absolute Gasteiger partial charge is 0.281 e. The monoisotopic (exact) mass is 228 g/mol. The van der Waals surface area contributed by atoms with Crippen LogP contribution in [0.5, 0.6) is 0 Å². The average molecular weight is 229 g/mol. The first-order chi connectivity index (χ1) is 7.25. The van der Waals surface area contributed by atoms with Gasteiger partial charge in [0, 0.05) is 6.42 Å². The quantitative estimate of drug-likeness (QED) is 0.664. The van der Waals surface area contributed by atoms with Gasteiger partial charge in [0.1, 0.15) is 0 Å². The Hall–Kier alpha value is -0.0400. The predicted octanol–water partition coefficient (Wildman–Crippen LogP) is 4.14. The van der Waals surface area contributed by atoms with Gasteiger partial charge in [-0.2, -0.15) is 0 Å². The van der Waals surface area contributed by atoms with Crippen LogP contribution in [0.15, 0.2) is 0 Å². The van der Waals surface area contributed by atoms with Gasteiger partial charge in [-0.25, -0.2) is 0 Å². The fourth-order valence-electron chi connectivity index (χ4n) is 3.55. The van der Waals surface area contributed by atoms with E-state index in [4.69, 9.17) is 11.6 Å². The molecule has 2 heteroatoms. The van der Waals surface area contributed by atoms with Crippen LogP contribution in [-0.2, 0) is 4.79 Å². The minimum absolute atomic E-state index is 0.152. The summed E-state index contributed by atoms with van der Waals surface area (Å²) in [6.07, 6.45) is 11.5. The summed E-state index contributed by atoms with van der Waals surface area (Å²) in [5.74, 6) is 2.77. The number of fused-ring (bicyclic) bond motifs is 1. The van der Waals surface area contributed by atoms with Gasteiger partial charge in [0.15, 0.2) is 0 Å². The van der Waals surface area contributed by atoms with E-state index in [2.05, 4.69) is 0 Å². The van der Waals surface area contributed by atoms with Crippen molar-refractivity contribution in [3.63, 3.8) is 0 Å². The molecule has 0 bridgehead atoms. The molecule has 0 amide bonds. The van der Waals surface area contributed by atoms with Gasteiger partial charge in [0.05, 0.1) is 0 Å². The van der Waals surface area contributed by atoms with Gasteiger partial charge in [-0.1, -0.05) is 32.1 Å². The van der Waals surface area contributed by atoms with Gasteiger partial charge in [-0.15, -0.1) is 0 Å². The SMILES string of the molecule is O=C(Cl)CC[C@H]1CC[C@@H]2CCCC[C@H]2C1. The van der Waals surface area contributed by atoms with Crippen molar-refractivity contribution in [1.82, 2.24) is 0 Å². The van der Waals surface area contributed by atoms with Crippen molar-refractivity contribution < 1.29 is 4.79 Å². The molecule has 0 aromatic rings. The minimum Gasteiger partial charge on any atom is -0.281 e. The highest BCUT2D eigenvalue weighted by atomic mass is 35.5. The van der Waals surface area contributed by atoms with Crippen LogP contribution in [0.25, 0.3) is 0 Å². The number of carbonyl (C=O) groups is 1. The van der Waals surface area contributed by atoms with E-state index in [1.807, 2.05) is 0 Å². The van der Waals surface area contributed by atoms with Crippen LogP contribution in [0.3, 0.4) is 0 Å². The minimum atomic E-state index is -0.152. The number of hydrogen-bond donors (Lipinski definition) is 0. The predicted molar refractivity (Wildman–Crippen MR) is 62.9 cm³/mol. The second-order valence-electron chi connectivity index (χ2n) is 5.38. The molecule has 15 heavy (non-hydrogen) atoms. The lowest BCUT2D eigenvalue weighted by Gasteiger charge is -2.39. The molecule has 2 saturated carbocycles. The third kappa shape index (κ3) is 3.21. The molecule has 1 nitrogen and oxygen atoms in total. The Morgan fingerprint density at radius 2 is 1.80 bits per heavy atom. The lowest BCUT2D eigenvalue weighted by Crippen LogP contribution is -2.27. The molecule has 0 heterocycles. The Kier molecular flexibility index (Phi) is 4.07. The summed E-state index contributed by atoms with van der Waals surface area (Å²) < 4.78 is 0. The second kappa shape index (κ2) is 5.34. The summed E-state index contributed by atoms with van der Waals surface area (Å²) in [6, 6.07) is 0. The van der Waals surface area contributed by atoms with Gasteiger partial charge in [-0.3, -0.25) is 4.79 Å². The summed E-state index contributed by atoms with van der Waals surface area (Å²) in [4.78, 5) is 10.7. The van der Waals surface area contributed by atoms with Crippen molar-refractivity contribution in [3.8, 4) is 0 Å². The van der Waals surface area contributed by atoms with E-state index in [0.717, 1.165) is 24.2 Å². The molecule has 3 atom stereocenters. The third-order valence-electron chi connectivity index (χ3n) is 4.40. The summed E-state index contributed by atoms with van der Waals surface area (Å²) in [6.45, 7) is 0. The first kappa shape index (κ1) is 11.4. The summed E-state index contributed by atoms with van der Waals surface area (Å²) in [7, 11) is 0. The highest BCUT2D eigenvalue weighted by molar-refractivity contribution is 6.63. The molecule has 2 aliphatic carbocycles. The average Bonchev–Trinajstić information content (AvgIpc) is 2.26. The molecule has 0 aromatic heterocycles. The van der Waals surface area contributed by atoms with Gasteiger partial charge in [-0.05, 0) is 48.6 Å². The third-order valence-corrected chi connectivity index (χ3v) is 4.59. The Morgan fingerprint density at radius 1 is 1.07 bits per heavy atom. The van der Waals surface area contributed by atoms with E-state index >= 15 is 0 Å². The normalized spacial score (nSPS) is 35.9. The summed E-state index contributed by atoms with van der Waals surface area (Å²) in [5, 5.41) is -0.152. The van der Waals surface area contributed by atoms with Gasteiger partial charge < -0.3 is 0 Å².